The van der Waals surface area contributed by atoms with E-state index in [1.54, 1.807) is 4.68 Å². The van der Waals surface area contributed by atoms with E-state index in [2.05, 4.69) is 11.2 Å². The summed E-state index contributed by atoms with van der Waals surface area (Å²) < 4.78 is 7.25. The minimum atomic E-state index is -0.302. The number of hydrogen-bond acceptors (Lipinski definition) is 4. The lowest BCUT2D eigenvalue weighted by Gasteiger charge is -2.20. The second-order valence-corrected chi connectivity index (χ2v) is 5.53. The second-order valence-electron chi connectivity index (χ2n) is 5.53. The first-order valence-electron chi connectivity index (χ1n) is 6.39. The Hall–Kier alpha value is -2.48. The average Bonchev–Trinajstić information content (AvgIpc) is 2.73. The summed E-state index contributed by atoms with van der Waals surface area (Å²) in [5.74, 6) is 0.617. The minimum absolute atomic E-state index is 0.281. The van der Waals surface area contributed by atoms with Crippen LogP contribution in [-0.4, -0.2) is 9.78 Å². The normalized spacial score (nSPS) is 11.1. The molecule has 0 spiro atoms. The first kappa shape index (κ1) is 13.9. The van der Waals surface area contributed by atoms with Crippen LogP contribution in [0.15, 0.2) is 30.3 Å². The molecule has 1 aromatic carbocycles. The first-order chi connectivity index (χ1) is 9.43. The van der Waals surface area contributed by atoms with Crippen molar-refractivity contribution in [1.29, 1.82) is 5.26 Å². The van der Waals surface area contributed by atoms with Crippen molar-refractivity contribution in [3.8, 4) is 11.9 Å². The number of hydrogen-bond donors (Lipinski definition) is 1. The lowest BCUT2D eigenvalue weighted by molar-refractivity contribution is 0.276. The average molecular weight is 270 g/mol. The van der Waals surface area contributed by atoms with Gasteiger partial charge in [-0.25, -0.2) is 4.68 Å². The van der Waals surface area contributed by atoms with Crippen LogP contribution < -0.4 is 10.5 Å². The van der Waals surface area contributed by atoms with Crippen LogP contribution in [0, 0.1) is 11.3 Å². The largest absolute Gasteiger partial charge is 0.471 e. The molecular formula is C15H18N4O. The molecule has 0 aliphatic rings. The fraction of sp³-hybridized carbons (Fsp3) is 0.333. The molecule has 5 heteroatoms. The maximum Gasteiger partial charge on any atom is 0.253 e. The monoisotopic (exact) mass is 270 g/mol. The van der Waals surface area contributed by atoms with Crippen LogP contribution in [0.5, 0.6) is 5.88 Å². The molecule has 1 heterocycles. The van der Waals surface area contributed by atoms with Crippen LogP contribution >= 0.6 is 0 Å². The van der Waals surface area contributed by atoms with Gasteiger partial charge in [0.25, 0.3) is 5.88 Å². The molecule has 2 rings (SSSR count). The Balaban J connectivity index is 2.27. The van der Waals surface area contributed by atoms with E-state index in [0.717, 1.165) is 5.56 Å². The van der Waals surface area contributed by atoms with E-state index in [1.807, 2.05) is 51.1 Å². The van der Waals surface area contributed by atoms with Crippen molar-refractivity contribution in [2.45, 2.75) is 32.9 Å². The summed E-state index contributed by atoms with van der Waals surface area (Å²) in [6.07, 6.45) is 0. The van der Waals surface area contributed by atoms with Gasteiger partial charge in [-0.05, 0) is 26.3 Å². The van der Waals surface area contributed by atoms with E-state index in [4.69, 9.17) is 10.5 Å². The third-order valence-electron chi connectivity index (χ3n) is 2.85. The van der Waals surface area contributed by atoms with Gasteiger partial charge in [-0.3, -0.25) is 0 Å². The molecule has 0 saturated heterocycles. The van der Waals surface area contributed by atoms with Crippen molar-refractivity contribution in [2.75, 3.05) is 5.73 Å². The predicted octanol–water partition coefficient (Wildman–Crippen LogP) is 2.67. The maximum absolute atomic E-state index is 9.21. The highest BCUT2D eigenvalue weighted by Crippen LogP contribution is 2.28. The van der Waals surface area contributed by atoms with Gasteiger partial charge in [-0.1, -0.05) is 30.3 Å². The van der Waals surface area contributed by atoms with Crippen LogP contribution in [0.3, 0.4) is 0 Å². The lowest BCUT2D eigenvalue weighted by Crippen LogP contribution is -2.24. The third-order valence-corrected chi connectivity index (χ3v) is 2.85. The molecule has 104 valence electrons. The Bertz CT molecular complexity index is 632. The van der Waals surface area contributed by atoms with Gasteiger partial charge in [0.05, 0.1) is 5.54 Å². The Morgan fingerprint density at radius 2 is 1.95 bits per heavy atom. The summed E-state index contributed by atoms with van der Waals surface area (Å²) >= 11 is 0. The Morgan fingerprint density at radius 1 is 1.30 bits per heavy atom. The quantitative estimate of drug-likeness (QED) is 0.930. The van der Waals surface area contributed by atoms with E-state index in [-0.39, 0.29) is 17.0 Å². The summed E-state index contributed by atoms with van der Waals surface area (Å²) in [5.41, 5.74) is 6.97. The van der Waals surface area contributed by atoms with Crippen LogP contribution in [0.25, 0.3) is 0 Å². The molecule has 0 saturated carbocycles. The van der Waals surface area contributed by atoms with Gasteiger partial charge in [0.15, 0.2) is 5.56 Å². The topological polar surface area (TPSA) is 76.9 Å². The zero-order valence-electron chi connectivity index (χ0n) is 11.9. The maximum atomic E-state index is 9.21. The SMILES string of the molecule is CC(C)(C)n1nc(OCc2ccccc2)c(C#N)c1N. The zero-order valence-corrected chi connectivity index (χ0v) is 11.9. The number of ether oxygens (including phenoxy) is 1. The number of nitrogens with zero attached hydrogens (tertiary/aromatic N) is 3. The van der Waals surface area contributed by atoms with E-state index < -0.39 is 0 Å². The van der Waals surface area contributed by atoms with Crippen molar-refractivity contribution in [1.82, 2.24) is 9.78 Å². The fourth-order valence-electron chi connectivity index (χ4n) is 1.85. The van der Waals surface area contributed by atoms with Crippen molar-refractivity contribution in [3.05, 3.63) is 41.5 Å². The van der Waals surface area contributed by atoms with Gasteiger partial charge >= 0.3 is 0 Å². The smallest absolute Gasteiger partial charge is 0.253 e. The van der Waals surface area contributed by atoms with Gasteiger partial charge in [0.1, 0.15) is 18.5 Å². The molecule has 0 bridgehead atoms. The Morgan fingerprint density at radius 3 is 2.50 bits per heavy atom. The number of nitriles is 1. The van der Waals surface area contributed by atoms with Crippen LogP contribution in [0.1, 0.15) is 31.9 Å². The van der Waals surface area contributed by atoms with Gasteiger partial charge in [0, 0.05) is 0 Å². The van der Waals surface area contributed by atoms with Crippen LogP contribution in [0.4, 0.5) is 5.82 Å². The number of benzene rings is 1. The van der Waals surface area contributed by atoms with Crippen molar-refractivity contribution in [3.63, 3.8) is 0 Å². The highest BCUT2D eigenvalue weighted by atomic mass is 16.5. The Labute approximate surface area is 118 Å². The summed E-state index contributed by atoms with van der Waals surface area (Å²) in [4.78, 5) is 0. The molecule has 0 aliphatic carbocycles. The molecule has 2 N–H and O–H groups in total. The molecule has 0 fully saturated rings. The van der Waals surface area contributed by atoms with E-state index in [0.29, 0.717) is 12.4 Å². The molecule has 0 unspecified atom stereocenters. The second kappa shape index (κ2) is 5.25. The highest BCUT2D eigenvalue weighted by molar-refractivity contribution is 5.55. The molecule has 0 aliphatic heterocycles. The highest BCUT2D eigenvalue weighted by Gasteiger charge is 2.24. The van der Waals surface area contributed by atoms with Gasteiger partial charge in [-0.2, -0.15) is 5.26 Å². The minimum Gasteiger partial charge on any atom is -0.471 e. The van der Waals surface area contributed by atoms with Gasteiger partial charge in [-0.15, -0.1) is 5.10 Å². The summed E-state index contributed by atoms with van der Waals surface area (Å²) in [6.45, 7) is 6.27. The third kappa shape index (κ3) is 2.75. The number of anilines is 1. The molecule has 0 radical (unpaired) electrons. The van der Waals surface area contributed by atoms with Crippen LogP contribution in [0.2, 0.25) is 0 Å². The zero-order chi connectivity index (χ0) is 14.8. The summed E-state index contributed by atoms with van der Waals surface area (Å²) in [7, 11) is 0. The molecule has 2 aromatic rings. The standard InChI is InChI=1S/C15H18N4O/c1-15(2,3)19-13(17)12(9-16)14(18-19)20-10-11-7-5-4-6-8-11/h4-8H,10,17H2,1-3H3. The molecular weight excluding hydrogens is 252 g/mol. The predicted molar refractivity (Wildman–Crippen MR) is 77.1 cm³/mol. The number of nitrogen functional groups attached to an aromatic ring is 1. The molecule has 0 atom stereocenters. The number of aromatic nitrogens is 2. The molecule has 1 aromatic heterocycles. The van der Waals surface area contributed by atoms with Crippen molar-refractivity contribution >= 4 is 5.82 Å². The molecule has 0 amide bonds. The number of rotatable bonds is 3. The molecule has 20 heavy (non-hydrogen) atoms. The lowest BCUT2D eigenvalue weighted by atomic mass is 10.1. The van der Waals surface area contributed by atoms with Gasteiger partial charge in [0.2, 0.25) is 0 Å². The number of nitrogens with two attached hydrogens (primary N) is 1. The van der Waals surface area contributed by atoms with Crippen LogP contribution in [-0.2, 0) is 12.1 Å². The first-order valence-corrected chi connectivity index (χ1v) is 6.39. The van der Waals surface area contributed by atoms with Gasteiger partial charge < -0.3 is 10.5 Å². The summed E-state index contributed by atoms with van der Waals surface area (Å²) in [5, 5.41) is 13.5. The van der Waals surface area contributed by atoms with Crippen molar-refractivity contribution < 1.29 is 4.74 Å². The molecule has 5 nitrogen and oxygen atoms in total. The fourth-order valence-corrected chi connectivity index (χ4v) is 1.85. The summed E-state index contributed by atoms with van der Waals surface area (Å²) in [6, 6.07) is 11.8. The van der Waals surface area contributed by atoms with E-state index in [9.17, 15) is 5.26 Å². The van der Waals surface area contributed by atoms with Crippen molar-refractivity contribution in [2.24, 2.45) is 0 Å². The van der Waals surface area contributed by atoms with E-state index in [1.165, 1.54) is 0 Å². The van der Waals surface area contributed by atoms with E-state index >= 15 is 0 Å². The Kier molecular flexibility index (Phi) is 3.66.